The summed E-state index contributed by atoms with van der Waals surface area (Å²) >= 11 is 0. The van der Waals surface area contributed by atoms with Crippen LogP contribution in [0.1, 0.15) is 38.5 Å². The van der Waals surface area contributed by atoms with Crippen LogP contribution < -0.4 is 5.32 Å². The first-order valence-corrected chi connectivity index (χ1v) is 9.04. The van der Waals surface area contributed by atoms with E-state index in [9.17, 15) is 9.13 Å². The zero-order valence-corrected chi connectivity index (χ0v) is 11.6. The van der Waals surface area contributed by atoms with Gasteiger partial charge in [0.15, 0.2) is 0 Å². The van der Waals surface area contributed by atoms with E-state index < -0.39 is 21.0 Å². The third-order valence-electron chi connectivity index (χ3n) is 3.15. The fraction of sp³-hybridized carbons (Fsp3) is 1.00. The van der Waals surface area contributed by atoms with Gasteiger partial charge in [-0.05, 0) is 12.8 Å². The molecule has 1 saturated carbocycles. The van der Waals surface area contributed by atoms with Gasteiger partial charge in [0, 0.05) is 12.6 Å². The van der Waals surface area contributed by atoms with Gasteiger partial charge in [0.25, 0.3) is 0 Å². The molecule has 0 bridgehead atoms. The van der Waals surface area contributed by atoms with Crippen molar-refractivity contribution in [3.05, 3.63) is 0 Å². The molecule has 1 aliphatic carbocycles. The molecule has 17 heavy (non-hydrogen) atoms. The second-order valence-corrected chi connectivity index (χ2v) is 8.20. The second kappa shape index (κ2) is 7.03. The van der Waals surface area contributed by atoms with Gasteiger partial charge in [-0.3, -0.25) is 9.13 Å². The van der Waals surface area contributed by atoms with Gasteiger partial charge in [0.2, 0.25) is 8.03 Å². The molecule has 2 unspecified atom stereocenters. The van der Waals surface area contributed by atoms with Crippen LogP contribution in [0.4, 0.5) is 0 Å². The number of hydrogen-bond acceptors (Lipinski definition) is 3. The lowest BCUT2D eigenvalue weighted by Gasteiger charge is -2.21. The molecule has 6 nitrogen and oxygen atoms in total. The summed E-state index contributed by atoms with van der Waals surface area (Å²) in [7, 11) is -7.71. The van der Waals surface area contributed by atoms with Gasteiger partial charge in [-0.1, -0.05) is 25.7 Å². The minimum Gasteiger partial charge on any atom is -0.346 e. The van der Waals surface area contributed by atoms with Gasteiger partial charge in [0.05, 0.1) is 0 Å². The van der Waals surface area contributed by atoms with Crippen LogP contribution in [0.15, 0.2) is 0 Å². The Hall–Kier alpha value is 0.300. The van der Waals surface area contributed by atoms with E-state index in [2.05, 4.69) is 5.32 Å². The molecule has 8 heteroatoms. The topological polar surface area (TPSA) is 107 Å². The number of rotatable bonds is 5. The summed E-state index contributed by atoms with van der Waals surface area (Å²) in [6, 6.07) is 0.216. The maximum absolute atomic E-state index is 11.0. The molecule has 2 atom stereocenters. The first kappa shape index (κ1) is 15.4. The van der Waals surface area contributed by atoms with E-state index >= 15 is 0 Å². The van der Waals surface area contributed by atoms with Crippen LogP contribution in [0.2, 0.25) is 0 Å². The Morgan fingerprint density at radius 3 is 2.18 bits per heavy atom. The van der Waals surface area contributed by atoms with Crippen LogP contribution in [0.5, 0.6) is 0 Å². The summed E-state index contributed by atoms with van der Waals surface area (Å²) in [6.07, 6.45) is 6.53. The van der Waals surface area contributed by atoms with Crippen molar-refractivity contribution in [2.75, 3.05) is 6.54 Å². The molecule has 0 aromatic heterocycles. The van der Waals surface area contributed by atoms with Gasteiger partial charge in [0.1, 0.15) is 5.40 Å². The third kappa shape index (κ3) is 5.64. The van der Waals surface area contributed by atoms with E-state index in [4.69, 9.17) is 14.7 Å². The van der Waals surface area contributed by atoms with Crippen molar-refractivity contribution in [1.82, 2.24) is 5.32 Å². The standard InChI is InChI=1S/C9H21NO5P2/c11-16(12)9(17(13,14)15)7-10-8-5-3-1-2-4-6-8/h8-10,16H,1-7H2,(H,11,12)(H2,13,14,15). The van der Waals surface area contributed by atoms with Crippen LogP contribution >= 0.6 is 15.6 Å². The minimum absolute atomic E-state index is 0.0801. The Bertz CT molecular complexity index is 298. The zero-order valence-electron chi connectivity index (χ0n) is 9.71. The van der Waals surface area contributed by atoms with Crippen LogP contribution in [-0.2, 0) is 9.13 Å². The highest BCUT2D eigenvalue weighted by Gasteiger charge is 2.33. The molecule has 0 aliphatic heterocycles. The van der Waals surface area contributed by atoms with E-state index in [0.717, 1.165) is 25.7 Å². The van der Waals surface area contributed by atoms with Crippen LogP contribution in [-0.4, -0.2) is 32.7 Å². The van der Waals surface area contributed by atoms with Crippen molar-refractivity contribution in [2.45, 2.75) is 50.0 Å². The molecule has 0 aromatic rings. The fourth-order valence-electron chi connectivity index (χ4n) is 2.11. The largest absolute Gasteiger partial charge is 0.346 e. The fourth-order valence-corrected chi connectivity index (χ4v) is 3.90. The Morgan fingerprint density at radius 1 is 1.24 bits per heavy atom. The van der Waals surface area contributed by atoms with Gasteiger partial charge < -0.3 is 20.0 Å². The van der Waals surface area contributed by atoms with Crippen molar-refractivity contribution in [3.63, 3.8) is 0 Å². The summed E-state index contributed by atoms with van der Waals surface area (Å²) in [5.74, 6) is 0. The smallest absolute Gasteiger partial charge is 0.339 e. The van der Waals surface area contributed by atoms with Crippen molar-refractivity contribution in [3.8, 4) is 0 Å². The predicted molar refractivity (Wildman–Crippen MR) is 66.5 cm³/mol. The molecule has 0 spiro atoms. The van der Waals surface area contributed by atoms with Crippen molar-refractivity contribution >= 4 is 15.6 Å². The van der Waals surface area contributed by atoms with Crippen molar-refractivity contribution in [2.24, 2.45) is 0 Å². The Balaban J connectivity index is 2.46. The summed E-state index contributed by atoms with van der Waals surface area (Å²) < 4.78 is 22.0. The van der Waals surface area contributed by atoms with Crippen LogP contribution in [0.25, 0.3) is 0 Å². The van der Waals surface area contributed by atoms with Gasteiger partial charge in [-0.25, -0.2) is 0 Å². The third-order valence-corrected chi connectivity index (χ3v) is 6.59. The number of hydrogen-bond donors (Lipinski definition) is 4. The van der Waals surface area contributed by atoms with E-state index in [0.29, 0.717) is 0 Å². The van der Waals surface area contributed by atoms with Crippen molar-refractivity contribution < 1.29 is 23.8 Å². The SMILES string of the molecule is O=[PH](O)C(CNC1CCCCCC1)P(=O)(O)O. The lowest BCUT2D eigenvalue weighted by molar-refractivity contribution is 0.358. The Morgan fingerprint density at radius 2 is 1.76 bits per heavy atom. The molecule has 102 valence electrons. The molecular formula is C9H21NO5P2. The van der Waals surface area contributed by atoms with Gasteiger partial charge in [-0.15, -0.1) is 0 Å². The summed E-state index contributed by atoms with van der Waals surface area (Å²) in [5.41, 5.74) is 0. The highest BCUT2D eigenvalue weighted by molar-refractivity contribution is 7.65. The van der Waals surface area contributed by atoms with E-state index in [1.54, 1.807) is 0 Å². The molecule has 0 radical (unpaired) electrons. The molecule has 0 amide bonds. The van der Waals surface area contributed by atoms with Gasteiger partial charge >= 0.3 is 7.60 Å². The monoisotopic (exact) mass is 285 g/mol. The molecule has 4 N–H and O–H groups in total. The predicted octanol–water partition coefficient (Wildman–Crippen LogP) is 1.27. The van der Waals surface area contributed by atoms with Gasteiger partial charge in [-0.2, -0.15) is 0 Å². The number of nitrogens with one attached hydrogen (secondary N) is 1. The van der Waals surface area contributed by atoms with E-state index in [1.807, 2.05) is 0 Å². The van der Waals surface area contributed by atoms with Crippen LogP contribution in [0, 0.1) is 0 Å². The van der Waals surface area contributed by atoms with Crippen LogP contribution in [0.3, 0.4) is 0 Å². The first-order chi connectivity index (χ1) is 7.91. The lowest BCUT2D eigenvalue weighted by atomic mass is 10.1. The minimum atomic E-state index is -4.49. The molecule has 1 rings (SSSR count). The maximum Gasteiger partial charge on any atom is 0.339 e. The Kier molecular flexibility index (Phi) is 6.35. The zero-order chi connectivity index (χ0) is 12.9. The summed E-state index contributed by atoms with van der Waals surface area (Å²) in [6.45, 7) is -0.0801. The maximum atomic E-state index is 11.0. The second-order valence-electron chi connectivity index (χ2n) is 4.54. The molecule has 0 aromatic carbocycles. The lowest BCUT2D eigenvalue weighted by Crippen LogP contribution is -2.34. The average molecular weight is 285 g/mol. The molecule has 0 heterocycles. The molecule has 1 fully saturated rings. The average Bonchev–Trinajstić information content (AvgIpc) is 2.43. The Labute approximate surface area is 102 Å². The highest BCUT2D eigenvalue weighted by Crippen LogP contribution is 2.51. The summed E-state index contributed by atoms with van der Waals surface area (Å²) in [4.78, 5) is 26.9. The summed E-state index contributed by atoms with van der Waals surface area (Å²) in [5, 5.41) is 1.57. The first-order valence-electron chi connectivity index (χ1n) is 5.92. The normalized spacial score (nSPS) is 23.0. The molecule has 0 saturated heterocycles. The highest BCUT2D eigenvalue weighted by atomic mass is 31.2. The quantitative estimate of drug-likeness (QED) is 0.447. The van der Waals surface area contributed by atoms with E-state index in [-0.39, 0.29) is 12.6 Å². The van der Waals surface area contributed by atoms with Crippen molar-refractivity contribution in [1.29, 1.82) is 0 Å². The molecule has 1 aliphatic rings. The van der Waals surface area contributed by atoms with E-state index in [1.165, 1.54) is 12.8 Å². The molecular weight excluding hydrogens is 264 g/mol.